The summed E-state index contributed by atoms with van der Waals surface area (Å²) in [5.41, 5.74) is 0.322. The molecule has 1 fully saturated rings. The Bertz CT molecular complexity index is 959. The van der Waals surface area contributed by atoms with Gasteiger partial charge in [-0.1, -0.05) is 63.6 Å². The van der Waals surface area contributed by atoms with Crippen LogP contribution in [0.5, 0.6) is 5.75 Å². The van der Waals surface area contributed by atoms with E-state index in [-0.39, 0.29) is 23.6 Å². The number of rotatable bonds is 14. The van der Waals surface area contributed by atoms with Crippen molar-refractivity contribution < 1.29 is 24.2 Å². The lowest BCUT2D eigenvalue weighted by Crippen LogP contribution is -2.54. The van der Waals surface area contributed by atoms with Gasteiger partial charge in [-0.2, -0.15) is 11.8 Å². The minimum absolute atomic E-state index is 0.0124. The van der Waals surface area contributed by atoms with E-state index in [1.807, 2.05) is 6.26 Å². The lowest BCUT2D eigenvalue weighted by atomic mass is 9.94. The van der Waals surface area contributed by atoms with Crippen LogP contribution in [0.2, 0.25) is 0 Å². The molecule has 3 amide bonds. The number of amides is 3. The van der Waals surface area contributed by atoms with Gasteiger partial charge in [0, 0.05) is 18.2 Å². The molecule has 1 aromatic rings. The van der Waals surface area contributed by atoms with Crippen molar-refractivity contribution in [3.63, 3.8) is 0 Å². The molecule has 0 bridgehead atoms. The van der Waals surface area contributed by atoms with E-state index in [0.29, 0.717) is 36.3 Å². The van der Waals surface area contributed by atoms with Gasteiger partial charge in [0.25, 0.3) is 0 Å². The third-order valence-corrected chi connectivity index (χ3v) is 7.85. The molecule has 40 heavy (non-hydrogen) atoms. The molecule has 9 heteroatoms. The molecule has 1 saturated carbocycles. The van der Waals surface area contributed by atoms with Gasteiger partial charge >= 0.3 is 6.09 Å². The molecule has 1 aliphatic carbocycles. The molecule has 2 rings (SSSR count). The van der Waals surface area contributed by atoms with E-state index in [0.717, 1.165) is 51.4 Å². The highest BCUT2D eigenvalue weighted by Crippen LogP contribution is 2.33. The number of carbonyl (C=O) groups is 3. The number of hydrogen-bond donors (Lipinski definition) is 3. The summed E-state index contributed by atoms with van der Waals surface area (Å²) in [6.45, 7) is 9.57. The predicted octanol–water partition coefficient (Wildman–Crippen LogP) is 6.25. The van der Waals surface area contributed by atoms with Crippen LogP contribution in [-0.4, -0.2) is 64.2 Å². The molecule has 3 N–H and O–H groups in total. The molecule has 0 spiro atoms. The maximum absolute atomic E-state index is 14.3. The van der Waals surface area contributed by atoms with Crippen LogP contribution in [0.1, 0.15) is 109 Å². The molecule has 0 saturated heterocycles. The van der Waals surface area contributed by atoms with E-state index in [4.69, 9.17) is 4.74 Å². The number of nitrogens with zero attached hydrogens (tertiary/aromatic N) is 1. The fraction of sp³-hybridized carbons (Fsp3) is 0.710. The first-order valence-electron chi connectivity index (χ1n) is 14.9. The molecule has 1 aliphatic rings. The molecule has 0 heterocycles. The van der Waals surface area contributed by atoms with Crippen molar-refractivity contribution in [3.05, 3.63) is 29.3 Å². The van der Waals surface area contributed by atoms with Crippen molar-refractivity contribution in [3.8, 4) is 5.75 Å². The Labute approximate surface area is 245 Å². The van der Waals surface area contributed by atoms with Gasteiger partial charge < -0.3 is 25.4 Å². The molecular formula is C31H51N3O5S. The van der Waals surface area contributed by atoms with E-state index < -0.39 is 23.8 Å². The average molecular weight is 578 g/mol. The molecule has 8 nitrogen and oxygen atoms in total. The van der Waals surface area contributed by atoms with Gasteiger partial charge in [0.2, 0.25) is 11.8 Å². The lowest BCUT2D eigenvalue weighted by Gasteiger charge is -2.36. The number of ether oxygens (including phenoxy) is 1. The number of phenolic OH excluding ortho intramolecular Hbond substituents is 1. The molecule has 2 unspecified atom stereocenters. The summed E-state index contributed by atoms with van der Waals surface area (Å²) in [6.07, 6.45) is 10.4. The largest absolute Gasteiger partial charge is 0.507 e. The second kappa shape index (κ2) is 16.7. The van der Waals surface area contributed by atoms with E-state index in [9.17, 15) is 19.5 Å². The lowest BCUT2D eigenvalue weighted by molar-refractivity contribution is -0.143. The van der Waals surface area contributed by atoms with Crippen molar-refractivity contribution >= 4 is 29.7 Å². The van der Waals surface area contributed by atoms with E-state index in [1.165, 1.54) is 0 Å². The highest BCUT2D eigenvalue weighted by Gasteiger charge is 2.38. The topological polar surface area (TPSA) is 108 Å². The number of alkyl carbamates (subject to hydrolysis) is 1. The number of unbranched alkanes of at least 4 members (excludes halogenated alkanes) is 3. The summed E-state index contributed by atoms with van der Waals surface area (Å²) >= 11 is 1.58. The van der Waals surface area contributed by atoms with Crippen molar-refractivity contribution in [2.24, 2.45) is 0 Å². The van der Waals surface area contributed by atoms with Crippen molar-refractivity contribution in [2.45, 2.75) is 123 Å². The van der Waals surface area contributed by atoms with Gasteiger partial charge in [0.1, 0.15) is 23.4 Å². The molecule has 0 aromatic heterocycles. The Morgan fingerprint density at radius 3 is 2.45 bits per heavy atom. The fourth-order valence-electron chi connectivity index (χ4n) is 5.10. The molecule has 0 radical (unpaired) electrons. The van der Waals surface area contributed by atoms with E-state index >= 15 is 0 Å². The molecule has 1 aromatic carbocycles. The standard InChI is InChI=1S/C31H51N3O5S/c1-7-8-9-13-20-34(29(37)25(19-21-40-6)33-30(38)39-31(3,4)5)26(24-18-14-15-22(2)27(24)35)28(36)32-23-16-11-10-12-17-23/h14-15,18,23,25-26,35H,7-13,16-17,19-21H2,1-6H3,(H,32,36)(H,33,38). The number of benzene rings is 1. The minimum atomic E-state index is -1.02. The number of hydrogen-bond acceptors (Lipinski definition) is 6. The van der Waals surface area contributed by atoms with Gasteiger partial charge in [0.05, 0.1) is 0 Å². The summed E-state index contributed by atoms with van der Waals surface area (Å²) in [5, 5.41) is 17.1. The van der Waals surface area contributed by atoms with Crippen LogP contribution in [0, 0.1) is 6.92 Å². The predicted molar refractivity (Wildman–Crippen MR) is 163 cm³/mol. The van der Waals surface area contributed by atoms with E-state index in [1.54, 1.807) is 62.6 Å². The number of nitrogens with one attached hydrogen (secondary N) is 2. The average Bonchev–Trinajstić information content (AvgIpc) is 2.89. The van der Waals surface area contributed by atoms with Gasteiger partial charge in [-0.15, -0.1) is 0 Å². The van der Waals surface area contributed by atoms with Crippen LogP contribution in [0.25, 0.3) is 0 Å². The molecule has 2 atom stereocenters. The smallest absolute Gasteiger partial charge is 0.408 e. The third kappa shape index (κ3) is 10.9. The summed E-state index contributed by atoms with van der Waals surface area (Å²) in [4.78, 5) is 42.7. The molecule has 226 valence electrons. The number of aromatic hydroxyl groups is 1. The number of phenols is 1. The SMILES string of the molecule is CCCCCCN(C(=O)C(CCSC)NC(=O)OC(C)(C)C)C(C(=O)NC1CCCCC1)c1cccc(C)c1O. The zero-order valence-corrected chi connectivity index (χ0v) is 26.2. The summed E-state index contributed by atoms with van der Waals surface area (Å²) in [5.74, 6) is 0.0156. The van der Waals surface area contributed by atoms with Gasteiger partial charge in [-0.3, -0.25) is 9.59 Å². The van der Waals surface area contributed by atoms with Crippen LogP contribution >= 0.6 is 11.8 Å². The van der Waals surface area contributed by atoms with Crippen LogP contribution in [0.3, 0.4) is 0 Å². The van der Waals surface area contributed by atoms with Gasteiger partial charge in [-0.25, -0.2) is 4.79 Å². The highest BCUT2D eigenvalue weighted by molar-refractivity contribution is 7.98. The zero-order chi connectivity index (χ0) is 29.7. The van der Waals surface area contributed by atoms with Crippen LogP contribution < -0.4 is 10.6 Å². The van der Waals surface area contributed by atoms with E-state index in [2.05, 4.69) is 17.6 Å². The van der Waals surface area contributed by atoms with Crippen molar-refractivity contribution in [1.29, 1.82) is 0 Å². The van der Waals surface area contributed by atoms with Crippen molar-refractivity contribution in [1.82, 2.24) is 15.5 Å². The number of aryl methyl sites for hydroxylation is 1. The minimum Gasteiger partial charge on any atom is -0.507 e. The first-order valence-corrected chi connectivity index (χ1v) is 16.3. The Morgan fingerprint density at radius 2 is 1.82 bits per heavy atom. The summed E-state index contributed by atoms with van der Waals surface area (Å²) in [6, 6.07) is 3.46. The van der Waals surface area contributed by atoms with Crippen molar-refractivity contribution in [2.75, 3.05) is 18.6 Å². The number of para-hydroxylation sites is 1. The normalized spacial score (nSPS) is 15.7. The summed E-state index contributed by atoms with van der Waals surface area (Å²) in [7, 11) is 0. The Morgan fingerprint density at radius 1 is 1.12 bits per heavy atom. The van der Waals surface area contributed by atoms with Gasteiger partial charge in [0.15, 0.2) is 0 Å². The monoisotopic (exact) mass is 577 g/mol. The van der Waals surface area contributed by atoms with Crippen LogP contribution in [0.4, 0.5) is 4.79 Å². The zero-order valence-electron chi connectivity index (χ0n) is 25.4. The third-order valence-electron chi connectivity index (χ3n) is 7.21. The highest BCUT2D eigenvalue weighted by atomic mass is 32.2. The second-order valence-corrected chi connectivity index (χ2v) is 12.8. The molecule has 0 aliphatic heterocycles. The number of thioether (sulfide) groups is 1. The maximum atomic E-state index is 14.3. The fourth-order valence-corrected chi connectivity index (χ4v) is 5.57. The second-order valence-electron chi connectivity index (χ2n) is 11.8. The summed E-state index contributed by atoms with van der Waals surface area (Å²) < 4.78 is 5.47. The molecular weight excluding hydrogens is 526 g/mol. The quantitative estimate of drug-likeness (QED) is 0.226. The Hall–Kier alpha value is -2.42. The van der Waals surface area contributed by atoms with Crippen LogP contribution in [-0.2, 0) is 14.3 Å². The first kappa shape index (κ1) is 33.8. The maximum Gasteiger partial charge on any atom is 0.408 e. The Kier molecular flexibility index (Phi) is 14.1. The Balaban J connectivity index is 2.50. The number of carbonyl (C=O) groups excluding carboxylic acids is 3. The van der Waals surface area contributed by atoms with Crippen LogP contribution in [0.15, 0.2) is 18.2 Å². The van der Waals surface area contributed by atoms with Gasteiger partial charge in [-0.05, 0) is 71.0 Å². The first-order chi connectivity index (χ1) is 19.0.